The third-order valence-electron chi connectivity index (χ3n) is 10.6. The molecule has 2 aromatic carbocycles. The summed E-state index contributed by atoms with van der Waals surface area (Å²) >= 11 is 0. The Hall–Kier alpha value is -2.99. The van der Waals surface area contributed by atoms with Gasteiger partial charge in [-0.15, -0.1) is 0 Å². The van der Waals surface area contributed by atoms with E-state index in [0.29, 0.717) is 19.0 Å². The molecule has 4 aliphatic heterocycles. The molecule has 11 heteroatoms. The molecule has 9 nitrogen and oxygen atoms in total. The third kappa shape index (κ3) is 5.77. The van der Waals surface area contributed by atoms with E-state index in [1.54, 1.807) is 25.1 Å². The second kappa shape index (κ2) is 12.7. The summed E-state index contributed by atoms with van der Waals surface area (Å²) in [6.45, 7) is 7.80. The minimum atomic E-state index is -3.38. The zero-order valence-electron chi connectivity index (χ0n) is 26.9. The molecule has 0 aliphatic carbocycles. The van der Waals surface area contributed by atoms with E-state index in [-0.39, 0.29) is 36.8 Å². The van der Waals surface area contributed by atoms with Gasteiger partial charge in [0.2, 0.25) is 14.3 Å². The summed E-state index contributed by atoms with van der Waals surface area (Å²) in [7, 11) is -1.73. The molecular weight excluding hydrogens is 591 g/mol. The second-order valence-corrected chi connectivity index (χ2v) is 17.6. The number of benzene rings is 2. The van der Waals surface area contributed by atoms with Gasteiger partial charge in [-0.05, 0) is 82.2 Å². The number of hydrogen-bond donors (Lipinski definition) is 2. The normalized spacial score (nSPS) is 27.1. The number of carbonyl (C=O) groups is 2. The van der Waals surface area contributed by atoms with Gasteiger partial charge in [-0.3, -0.25) is 14.5 Å². The van der Waals surface area contributed by atoms with Crippen molar-refractivity contribution in [3.63, 3.8) is 0 Å². The summed E-state index contributed by atoms with van der Waals surface area (Å²) in [6.07, 6.45) is 2.14. The standard InChI is InChI=1S/C34H47FN4O5Si/c1-23-31(43-2)27-19-25(38-22-39(24-9-6-5-7-10-24)34(33(38)42)14-16-36-17-15-34)12-13-28(27)44-32(23)29(45(3,4)35)20-30(41)37-18-8-11-26(37)21-40/h5-7,9-10,12-13,19,23,26,29,31-32,36,40H,8,11,14-18,20-22H2,1-4H3/t23-,26+,29?,31-,32-/m1/s1. The smallest absolute Gasteiger partial charge is 0.254 e. The topological polar surface area (TPSA) is 94.6 Å². The van der Waals surface area contributed by atoms with Crippen LogP contribution in [0.5, 0.6) is 5.75 Å². The average Bonchev–Trinajstić information content (AvgIpc) is 3.63. The van der Waals surface area contributed by atoms with E-state index in [1.165, 1.54) is 0 Å². The van der Waals surface area contributed by atoms with E-state index in [0.717, 1.165) is 55.7 Å². The van der Waals surface area contributed by atoms with Crippen molar-refractivity contribution in [3.05, 3.63) is 54.1 Å². The summed E-state index contributed by atoms with van der Waals surface area (Å²) in [5.41, 5.74) is 1.43. The van der Waals surface area contributed by atoms with Crippen LogP contribution < -0.4 is 19.9 Å². The van der Waals surface area contributed by atoms with Gasteiger partial charge < -0.3 is 33.8 Å². The lowest BCUT2D eigenvalue weighted by atomic mass is 9.85. The van der Waals surface area contributed by atoms with Gasteiger partial charge in [0.25, 0.3) is 5.91 Å². The fourth-order valence-corrected chi connectivity index (χ4v) is 9.92. The van der Waals surface area contributed by atoms with Crippen molar-refractivity contribution < 1.29 is 28.3 Å². The molecule has 2 N–H and O–H groups in total. The molecule has 2 aromatic rings. The first kappa shape index (κ1) is 32.0. The lowest BCUT2D eigenvalue weighted by molar-refractivity contribution is -0.133. The van der Waals surface area contributed by atoms with Gasteiger partial charge >= 0.3 is 0 Å². The molecular formula is C34H47FN4O5Si. The molecule has 6 rings (SSSR count). The molecule has 0 saturated carbocycles. The molecule has 3 fully saturated rings. The molecule has 3 saturated heterocycles. The molecule has 2 amide bonds. The number of hydrogen-bond acceptors (Lipinski definition) is 7. The van der Waals surface area contributed by atoms with E-state index in [4.69, 9.17) is 9.47 Å². The number of carbonyl (C=O) groups excluding carboxylic acids is 2. The predicted octanol–water partition coefficient (Wildman–Crippen LogP) is 4.62. The number of nitrogens with zero attached hydrogens (tertiary/aromatic N) is 3. The van der Waals surface area contributed by atoms with Crippen LogP contribution in [-0.2, 0) is 14.3 Å². The largest absolute Gasteiger partial charge is 0.490 e. The first-order valence-electron chi connectivity index (χ1n) is 16.4. The average molecular weight is 639 g/mol. The Balaban J connectivity index is 1.29. The van der Waals surface area contributed by atoms with Crippen LogP contribution in [-0.4, -0.2) is 87.9 Å². The van der Waals surface area contributed by atoms with Gasteiger partial charge in [0.1, 0.15) is 17.4 Å². The highest BCUT2D eigenvalue weighted by atomic mass is 28.4. The highest BCUT2D eigenvalue weighted by Crippen LogP contribution is 2.49. The first-order chi connectivity index (χ1) is 21.6. The number of likely N-dealkylation sites (tertiary alicyclic amines) is 1. The fourth-order valence-electron chi connectivity index (χ4n) is 8.11. The minimum Gasteiger partial charge on any atom is -0.490 e. The van der Waals surface area contributed by atoms with E-state index in [9.17, 15) is 14.7 Å². The van der Waals surface area contributed by atoms with E-state index < -0.39 is 31.7 Å². The molecule has 4 heterocycles. The van der Waals surface area contributed by atoms with Gasteiger partial charge in [-0.2, -0.15) is 0 Å². The minimum absolute atomic E-state index is 0.0413. The Bertz CT molecular complexity index is 1380. The predicted molar refractivity (Wildman–Crippen MR) is 175 cm³/mol. The van der Waals surface area contributed by atoms with Crippen LogP contribution >= 0.6 is 0 Å². The number of amides is 2. The molecule has 0 bridgehead atoms. The van der Waals surface area contributed by atoms with Crippen molar-refractivity contribution in [2.24, 2.45) is 5.92 Å². The van der Waals surface area contributed by atoms with E-state index >= 15 is 4.11 Å². The Labute approximate surface area is 266 Å². The van der Waals surface area contributed by atoms with Crippen molar-refractivity contribution >= 4 is 31.6 Å². The summed E-state index contributed by atoms with van der Waals surface area (Å²) in [5.74, 6) is 0.331. The number of fused-ring (bicyclic) bond motifs is 1. The van der Waals surface area contributed by atoms with Crippen molar-refractivity contribution in [1.82, 2.24) is 10.2 Å². The van der Waals surface area contributed by atoms with Gasteiger partial charge in [0.05, 0.1) is 25.4 Å². The Morgan fingerprint density at radius 1 is 1.18 bits per heavy atom. The molecule has 4 aliphatic rings. The maximum absolute atomic E-state index is 16.1. The number of halogens is 1. The van der Waals surface area contributed by atoms with Crippen LogP contribution in [0.1, 0.15) is 50.7 Å². The summed E-state index contributed by atoms with van der Waals surface area (Å²) in [6, 6.07) is 15.7. The molecule has 45 heavy (non-hydrogen) atoms. The lowest BCUT2D eigenvalue weighted by Crippen LogP contribution is -2.55. The molecule has 244 valence electrons. The number of aliphatic hydroxyl groups is 1. The first-order valence-corrected chi connectivity index (χ1v) is 19.3. The number of nitrogens with one attached hydrogen (secondary N) is 1. The molecule has 1 unspecified atom stereocenters. The van der Waals surface area contributed by atoms with Crippen molar-refractivity contribution in [2.75, 3.05) is 49.8 Å². The van der Waals surface area contributed by atoms with Crippen molar-refractivity contribution in [1.29, 1.82) is 0 Å². The van der Waals surface area contributed by atoms with Gasteiger partial charge in [-0.25, -0.2) is 0 Å². The van der Waals surface area contributed by atoms with Crippen LogP contribution in [0, 0.1) is 5.92 Å². The van der Waals surface area contributed by atoms with Crippen LogP contribution in [0.2, 0.25) is 18.6 Å². The number of aliphatic hydroxyl groups excluding tert-OH is 1. The SMILES string of the molecule is CO[C@H]1c2cc(N3CN(c4ccccc4)C4(CCNCC4)C3=O)ccc2O[C@@H](C(CC(=O)N2CCC[C@H]2CO)[Si](C)(C)F)[C@@H]1C. The maximum Gasteiger partial charge on any atom is 0.254 e. The van der Waals surface area contributed by atoms with Crippen LogP contribution in [0.15, 0.2) is 48.5 Å². The fraction of sp³-hybridized carbons (Fsp3) is 0.588. The number of ether oxygens (including phenoxy) is 2. The molecule has 0 aromatic heterocycles. The molecule has 1 spiro atoms. The van der Waals surface area contributed by atoms with Crippen LogP contribution in [0.25, 0.3) is 0 Å². The van der Waals surface area contributed by atoms with Crippen molar-refractivity contribution in [3.8, 4) is 5.75 Å². The number of anilines is 2. The summed E-state index contributed by atoms with van der Waals surface area (Å²) in [4.78, 5) is 33.5. The zero-order valence-corrected chi connectivity index (χ0v) is 27.9. The zero-order chi connectivity index (χ0) is 31.9. The number of piperidine rings is 1. The third-order valence-corrected chi connectivity index (χ3v) is 12.9. The van der Waals surface area contributed by atoms with Gasteiger partial charge in [-0.1, -0.05) is 25.1 Å². The van der Waals surface area contributed by atoms with E-state index in [2.05, 4.69) is 22.3 Å². The number of para-hydroxylation sites is 1. The quantitative estimate of drug-likeness (QED) is 0.322. The highest BCUT2D eigenvalue weighted by molar-refractivity contribution is 6.72. The highest BCUT2D eigenvalue weighted by Gasteiger charge is 2.54. The van der Waals surface area contributed by atoms with Crippen LogP contribution in [0.3, 0.4) is 0 Å². The number of rotatable bonds is 8. The molecule has 0 radical (unpaired) electrons. The maximum atomic E-state index is 16.1. The molecule has 5 atom stereocenters. The Morgan fingerprint density at radius 3 is 2.58 bits per heavy atom. The summed E-state index contributed by atoms with van der Waals surface area (Å²) in [5, 5.41) is 13.2. The Kier molecular flexibility index (Phi) is 8.99. The summed E-state index contributed by atoms with van der Waals surface area (Å²) < 4.78 is 28.7. The number of methoxy groups -OCH3 is 1. The van der Waals surface area contributed by atoms with Crippen molar-refractivity contribution in [2.45, 2.75) is 81.5 Å². The monoisotopic (exact) mass is 638 g/mol. The van der Waals surface area contributed by atoms with Gasteiger partial charge in [0, 0.05) is 48.5 Å². The Morgan fingerprint density at radius 2 is 1.91 bits per heavy atom. The lowest BCUT2D eigenvalue weighted by Gasteiger charge is -2.43. The van der Waals surface area contributed by atoms with Crippen LogP contribution in [0.4, 0.5) is 15.5 Å². The van der Waals surface area contributed by atoms with E-state index in [1.807, 2.05) is 48.2 Å². The van der Waals surface area contributed by atoms with Gasteiger partial charge in [0.15, 0.2) is 0 Å². The second-order valence-electron chi connectivity index (χ2n) is 13.7.